The second-order valence-electron chi connectivity index (χ2n) is 7.51. The van der Waals surface area contributed by atoms with E-state index < -0.39 is 11.9 Å². The summed E-state index contributed by atoms with van der Waals surface area (Å²) in [5.41, 5.74) is 2.01. The number of rotatable bonds is 6. The standard InChI is InChI=1S/C20H19FN8O2/c1-10(11-2-4-13(21)5-3-11)23-18-26-16-12(8-15-17(30)27-20(31)25-15)9-22-29(16)19(28-18)24-14-6-7-14/h2-5,8-10,14H,6-7H2,1H3,(H2,23,24,26,28)(H2,25,27,30,31)/b15-8-. The summed E-state index contributed by atoms with van der Waals surface area (Å²) in [4.78, 5) is 32.4. The average Bonchev–Trinajstić information content (AvgIpc) is 3.37. The maximum atomic E-state index is 13.2. The van der Waals surface area contributed by atoms with Crippen molar-refractivity contribution in [1.29, 1.82) is 0 Å². The highest BCUT2D eigenvalue weighted by Gasteiger charge is 2.26. The number of urea groups is 1. The molecular formula is C20H19FN8O2. The first-order chi connectivity index (χ1) is 15.0. The summed E-state index contributed by atoms with van der Waals surface area (Å²) in [6, 6.07) is 5.77. The van der Waals surface area contributed by atoms with Gasteiger partial charge >= 0.3 is 6.03 Å². The molecule has 3 heterocycles. The monoisotopic (exact) mass is 422 g/mol. The Bertz CT molecular complexity index is 1220. The molecule has 3 aromatic rings. The molecule has 1 aromatic carbocycles. The van der Waals surface area contributed by atoms with Gasteiger partial charge < -0.3 is 16.0 Å². The van der Waals surface area contributed by atoms with Crippen molar-refractivity contribution in [1.82, 2.24) is 30.2 Å². The smallest absolute Gasteiger partial charge is 0.326 e. The second-order valence-corrected chi connectivity index (χ2v) is 7.51. The maximum Gasteiger partial charge on any atom is 0.326 e. The third kappa shape index (κ3) is 3.89. The lowest BCUT2D eigenvalue weighted by molar-refractivity contribution is -0.115. The molecule has 158 valence electrons. The topological polar surface area (TPSA) is 125 Å². The van der Waals surface area contributed by atoms with Crippen molar-refractivity contribution in [2.45, 2.75) is 31.8 Å². The van der Waals surface area contributed by atoms with E-state index in [0.717, 1.165) is 18.4 Å². The molecule has 1 saturated heterocycles. The predicted molar refractivity (Wildman–Crippen MR) is 111 cm³/mol. The van der Waals surface area contributed by atoms with E-state index in [1.807, 2.05) is 6.92 Å². The molecule has 2 aliphatic rings. The Hall–Kier alpha value is -4.02. The van der Waals surface area contributed by atoms with Crippen LogP contribution in [0, 0.1) is 5.82 Å². The Morgan fingerprint density at radius 2 is 1.97 bits per heavy atom. The molecular weight excluding hydrogens is 403 g/mol. The van der Waals surface area contributed by atoms with Gasteiger partial charge in [-0.1, -0.05) is 12.1 Å². The summed E-state index contributed by atoms with van der Waals surface area (Å²) in [5, 5.41) is 15.5. The van der Waals surface area contributed by atoms with Crippen LogP contribution in [0.2, 0.25) is 0 Å². The summed E-state index contributed by atoms with van der Waals surface area (Å²) in [6.45, 7) is 1.92. The van der Waals surface area contributed by atoms with E-state index in [9.17, 15) is 14.0 Å². The lowest BCUT2D eigenvalue weighted by Gasteiger charge is -2.16. The number of hydrogen-bond acceptors (Lipinski definition) is 7. The van der Waals surface area contributed by atoms with Gasteiger partial charge in [0.15, 0.2) is 5.65 Å². The molecule has 1 saturated carbocycles. The molecule has 0 spiro atoms. The number of amides is 3. The van der Waals surface area contributed by atoms with Crippen LogP contribution in [0.4, 0.5) is 21.1 Å². The van der Waals surface area contributed by atoms with Crippen LogP contribution >= 0.6 is 0 Å². The van der Waals surface area contributed by atoms with Crippen molar-refractivity contribution in [3.8, 4) is 0 Å². The van der Waals surface area contributed by atoms with Crippen LogP contribution in [-0.4, -0.2) is 37.6 Å². The molecule has 31 heavy (non-hydrogen) atoms. The highest BCUT2D eigenvalue weighted by Crippen LogP contribution is 2.26. The number of halogens is 1. The quantitative estimate of drug-likeness (QED) is 0.354. The molecule has 2 aromatic heterocycles. The zero-order valence-corrected chi connectivity index (χ0v) is 16.5. The number of nitrogens with zero attached hydrogens (tertiary/aromatic N) is 4. The van der Waals surface area contributed by atoms with Crippen molar-refractivity contribution in [2.24, 2.45) is 0 Å². The van der Waals surface area contributed by atoms with E-state index in [4.69, 9.17) is 0 Å². The van der Waals surface area contributed by atoms with Crippen molar-refractivity contribution in [3.63, 3.8) is 0 Å². The Morgan fingerprint density at radius 1 is 1.19 bits per heavy atom. The fraction of sp³-hybridized carbons (Fsp3) is 0.250. The van der Waals surface area contributed by atoms with Gasteiger partial charge in [-0.15, -0.1) is 0 Å². The summed E-state index contributed by atoms with van der Waals surface area (Å²) in [6.07, 6.45) is 5.17. The van der Waals surface area contributed by atoms with E-state index >= 15 is 0 Å². The molecule has 3 amide bonds. The molecule has 4 N–H and O–H groups in total. The van der Waals surface area contributed by atoms with Crippen LogP contribution in [0.3, 0.4) is 0 Å². The van der Waals surface area contributed by atoms with Crippen LogP contribution in [-0.2, 0) is 4.79 Å². The zero-order chi connectivity index (χ0) is 21.5. The minimum atomic E-state index is -0.575. The van der Waals surface area contributed by atoms with Crippen LogP contribution in [0.15, 0.2) is 36.2 Å². The molecule has 1 unspecified atom stereocenters. The van der Waals surface area contributed by atoms with Gasteiger partial charge in [0.2, 0.25) is 11.9 Å². The van der Waals surface area contributed by atoms with Crippen molar-refractivity contribution >= 4 is 35.6 Å². The lowest BCUT2D eigenvalue weighted by Crippen LogP contribution is -2.22. The lowest BCUT2D eigenvalue weighted by atomic mass is 10.1. The summed E-state index contributed by atoms with van der Waals surface area (Å²) in [7, 11) is 0. The predicted octanol–water partition coefficient (Wildman–Crippen LogP) is 2.19. The minimum absolute atomic E-state index is 0.115. The zero-order valence-electron chi connectivity index (χ0n) is 16.5. The molecule has 1 aliphatic carbocycles. The largest absolute Gasteiger partial charge is 0.351 e. The summed E-state index contributed by atoms with van der Waals surface area (Å²) < 4.78 is 14.8. The molecule has 0 bridgehead atoms. The molecule has 0 radical (unpaired) electrons. The van der Waals surface area contributed by atoms with Gasteiger partial charge in [0.1, 0.15) is 11.5 Å². The SMILES string of the molecule is CC(Nc1nc(NC2CC2)n2ncc(/C=C3\NC(=O)NC3=O)c2n1)c1ccc(F)cc1. The van der Waals surface area contributed by atoms with Gasteiger partial charge in [0, 0.05) is 11.6 Å². The number of fused-ring (bicyclic) bond motifs is 1. The van der Waals surface area contributed by atoms with Crippen LogP contribution in [0.5, 0.6) is 0 Å². The fourth-order valence-corrected chi connectivity index (χ4v) is 3.23. The Kier molecular flexibility index (Phi) is 4.50. The highest BCUT2D eigenvalue weighted by atomic mass is 19.1. The number of benzene rings is 1. The van der Waals surface area contributed by atoms with E-state index in [1.165, 1.54) is 18.2 Å². The molecule has 1 aliphatic heterocycles. The third-order valence-electron chi connectivity index (χ3n) is 5.04. The highest BCUT2D eigenvalue weighted by molar-refractivity contribution is 6.14. The van der Waals surface area contributed by atoms with E-state index in [2.05, 4.69) is 36.3 Å². The Labute approximate surface area is 176 Å². The second kappa shape index (κ2) is 7.35. The van der Waals surface area contributed by atoms with Gasteiger partial charge in [0.05, 0.1) is 12.2 Å². The minimum Gasteiger partial charge on any atom is -0.351 e. The van der Waals surface area contributed by atoms with Crippen LogP contribution < -0.4 is 21.3 Å². The average molecular weight is 422 g/mol. The Balaban J connectivity index is 1.52. The number of aromatic nitrogens is 4. The fourth-order valence-electron chi connectivity index (χ4n) is 3.23. The third-order valence-corrected chi connectivity index (χ3v) is 5.04. The number of imide groups is 1. The van der Waals surface area contributed by atoms with Gasteiger partial charge in [-0.2, -0.15) is 19.6 Å². The van der Waals surface area contributed by atoms with Gasteiger partial charge in [-0.05, 0) is 43.5 Å². The van der Waals surface area contributed by atoms with E-state index in [1.54, 1.807) is 22.8 Å². The summed E-state index contributed by atoms with van der Waals surface area (Å²) >= 11 is 0. The normalized spacial score (nSPS) is 18.2. The van der Waals surface area contributed by atoms with Gasteiger partial charge in [0.25, 0.3) is 5.91 Å². The van der Waals surface area contributed by atoms with Crippen molar-refractivity contribution < 1.29 is 14.0 Å². The number of anilines is 2. The molecule has 1 atom stereocenters. The van der Waals surface area contributed by atoms with Crippen LogP contribution in [0.1, 0.15) is 36.9 Å². The van der Waals surface area contributed by atoms with E-state index in [0.29, 0.717) is 29.1 Å². The maximum absolute atomic E-state index is 13.2. The summed E-state index contributed by atoms with van der Waals surface area (Å²) in [5.74, 6) is 0.0564. The van der Waals surface area contributed by atoms with Crippen molar-refractivity contribution in [2.75, 3.05) is 10.6 Å². The first-order valence-corrected chi connectivity index (χ1v) is 9.84. The van der Waals surface area contributed by atoms with Crippen molar-refractivity contribution in [3.05, 3.63) is 53.1 Å². The van der Waals surface area contributed by atoms with Crippen LogP contribution in [0.25, 0.3) is 11.7 Å². The number of carbonyl (C=O) groups excluding carboxylic acids is 2. The Morgan fingerprint density at radius 3 is 2.65 bits per heavy atom. The van der Waals surface area contributed by atoms with E-state index in [-0.39, 0.29) is 17.6 Å². The molecule has 10 nitrogen and oxygen atoms in total. The molecule has 11 heteroatoms. The molecule has 2 fully saturated rings. The van der Waals surface area contributed by atoms with Gasteiger partial charge in [-0.3, -0.25) is 10.1 Å². The number of hydrogen-bond donors (Lipinski definition) is 4. The first kappa shape index (κ1) is 19.0. The number of nitrogens with one attached hydrogen (secondary N) is 4. The molecule has 5 rings (SSSR count). The first-order valence-electron chi connectivity index (χ1n) is 9.84. The van der Waals surface area contributed by atoms with Gasteiger partial charge in [-0.25, -0.2) is 9.18 Å². The number of carbonyl (C=O) groups is 2.